The fraction of sp³-hybridized carbons (Fsp3) is 0.400. The topological polar surface area (TPSA) is 39.8 Å². The first-order valence-electron chi connectivity index (χ1n) is 8.46. The van der Waals surface area contributed by atoms with Crippen LogP contribution in [-0.4, -0.2) is 14.1 Å². The van der Waals surface area contributed by atoms with Crippen molar-refractivity contribution in [3.8, 4) is 11.3 Å². The molecule has 2 heterocycles. The molecule has 4 heteroatoms. The van der Waals surface area contributed by atoms with Crippen LogP contribution in [0.2, 0.25) is 0 Å². The lowest BCUT2D eigenvalue weighted by atomic mass is 9.90. The van der Waals surface area contributed by atoms with Gasteiger partial charge in [-0.05, 0) is 30.9 Å². The van der Waals surface area contributed by atoms with Crippen LogP contribution in [0.25, 0.3) is 22.4 Å². The minimum absolute atomic E-state index is 0.0000751. The van der Waals surface area contributed by atoms with E-state index in [9.17, 15) is 4.79 Å². The lowest BCUT2D eigenvalue weighted by Crippen LogP contribution is -2.28. The molecule has 0 amide bonds. The molecule has 0 aliphatic heterocycles. The summed E-state index contributed by atoms with van der Waals surface area (Å²) in [4.78, 5) is 17.4. The highest BCUT2D eigenvalue weighted by molar-refractivity contribution is 5.76. The Balaban J connectivity index is 2.13. The van der Waals surface area contributed by atoms with Crippen LogP contribution in [0.15, 0.2) is 41.2 Å². The number of hydrogen-bond acceptors (Lipinski definition) is 2. The first-order valence-corrected chi connectivity index (χ1v) is 8.46. The van der Waals surface area contributed by atoms with Gasteiger partial charge in [-0.2, -0.15) is 0 Å². The normalized spacial score (nSPS) is 12.0. The lowest BCUT2D eigenvalue weighted by molar-refractivity contribution is 0.293. The van der Waals surface area contributed by atoms with Crippen LogP contribution in [0.1, 0.15) is 32.8 Å². The Bertz CT molecular complexity index is 930. The second kappa shape index (κ2) is 5.93. The second-order valence-corrected chi connectivity index (χ2v) is 7.35. The van der Waals surface area contributed by atoms with Gasteiger partial charge in [-0.15, -0.1) is 0 Å². The molecule has 1 aromatic carbocycles. The van der Waals surface area contributed by atoms with Crippen molar-refractivity contribution in [1.82, 2.24) is 14.1 Å². The van der Waals surface area contributed by atoms with Crippen molar-refractivity contribution in [1.29, 1.82) is 0 Å². The number of imidazole rings is 1. The van der Waals surface area contributed by atoms with Crippen LogP contribution in [0.3, 0.4) is 0 Å². The average Bonchev–Trinajstić information content (AvgIpc) is 2.80. The summed E-state index contributed by atoms with van der Waals surface area (Å²) in [5.74, 6) is 0. The number of pyridine rings is 1. The van der Waals surface area contributed by atoms with Gasteiger partial charge in [0.15, 0.2) is 5.65 Å². The molecule has 24 heavy (non-hydrogen) atoms. The third kappa shape index (κ3) is 2.88. The predicted molar refractivity (Wildman–Crippen MR) is 99.2 cm³/mol. The van der Waals surface area contributed by atoms with Gasteiger partial charge in [-0.1, -0.05) is 50.6 Å². The number of aromatic nitrogens is 3. The molecular formula is C20H25N3O. The molecular weight excluding hydrogens is 298 g/mol. The smallest absolute Gasteiger partial charge is 0.290 e. The van der Waals surface area contributed by atoms with Crippen LogP contribution < -0.4 is 5.69 Å². The number of fused-ring (bicyclic) bond motifs is 1. The van der Waals surface area contributed by atoms with Crippen molar-refractivity contribution < 1.29 is 0 Å². The van der Waals surface area contributed by atoms with Crippen LogP contribution >= 0.6 is 0 Å². The van der Waals surface area contributed by atoms with E-state index in [2.05, 4.69) is 52.0 Å². The van der Waals surface area contributed by atoms with Gasteiger partial charge < -0.3 is 0 Å². The number of aryl methyl sites for hydroxylation is 2. The molecule has 0 N–H and O–H groups in total. The molecule has 0 bridgehead atoms. The van der Waals surface area contributed by atoms with Gasteiger partial charge >= 0.3 is 5.69 Å². The fourth-order valence-corrected chi connectivity index (χ4v) is 2.85. The third-order valence-electron chi connectivity index (χ3n) is 4.87. The zero-order valence-corrected chi connectivity index (χ0v) is 15.1. The van der Waals surface area contributed by atoms with Crippen LogP contribution in [0, 0.1) is 12.3 Å². The van der Waals surface area contributed by atoms with Gasteiger partial charge in [0.1, 0.15) is 0 Å². The highest BCUT2D eigenvalue weighted by Gasteiger charge is 2.21. The van der Waals surface area contributed by atoms with E-state index in [1.165, 1.54) is 5.56 Å². The summed E-state index contributed by atoms with van der Waals surface area (Å²) < 4.78 is 3.50. The quantitative estimate of drug-likeness (QED) is 0.723. The van der Waals surface area contributed by atoms with Crippen molar-refractivity contribution in [2.24, 2.45) is 12.5 Å². The summed E-state index contributed by atoms with van der Waals surface area (Å²) in [6.45, 7) is 9.30. The molecule has 3 rings (SSSR count). The van der Waals surface area contributed by atoms with E-state index >= 15 is 0 Å². The van der Waals surface area contributed by atoms with Crippen LogP contribution in [-0.2, 0) is 13.6 Å². The van der Waals surface area contributed by atoms with Gasteiger partial charge in [-0.3, -0.25) is 9.13 Å². The molecule has 2 aromatic heterocycles. The van der Waals surface area contributed by atoms with Gasteiger partial charge in [0.25, 0.3) is 0 Å². The molecule has 0 unspecified atom stereocenters. The Kier molecular flexibility index (Phi) is 4.08. The van der Waals surface area contributed by atoms with Crippen LogP contribution in [0.4, 0.5) is 0 Å². The molecule has 0 aliphatic rings. The average molecular weight is 323 g/mol. The van der Waals surface area contributed by atoms with Crippen molar-refractivity contribution >= 4 is 11.2 Å². The molecule has 0 atom stereocenters. The highest BCUT2D eigenvalue weighted by Crippen LogP contribution is 2.25. The minimum Gasteiger partial charge on any atom is -0.290 e. The predicted octanol–water partition coefficient (Wildman–Crippen LogP) is 4.15. The number of nitrogens with zero attached hydrogens (tertiary/aromatic N) is 3. The van der Waals surface area contributed by atoms with E-state index in [1.54, 1.807) is 11.6 Å². The van der Waals surface area contributed by atoms with Gasteiger partial charge in [-0.25, -0.2) is 9.78 Å². The maximum atomic E-state index is 12.7. The number of rotatable bonds is 4. The summed E-state index contributed by atoms with van der Waals surface area (Å²) in [6, 6.07) is 12.3. The highest BCUT2D eigenvalue weighted by atomic mass is 16.1. The van der Waals surface area contributed by atoms with E-state index in [-0.39, 0.29) is 11.1 Å². The Labute approximate surface area is 142 Å². The SMILES string of the molecule is CCC(C)(C)Cn1c(=O)n(C)c2nc(-c3ccc(C)cc3)ccc21. The molecule has 0 spiro atoms. The van der Waals surface area contributed by atoms with Crippen molar-refractivity contribution in [2.45, 2.75) is 40.7 Å². The summed E-state index contributed by atoms with van der Waals surface area (Å²) >= 11 is 0. The Morgan fingerprint density at radius 2 is 1.75 bits per heavy atom. The van der Waals surface area contributed by atoms with E-state index in [0.717, 1.165) is 28.8 Å². The first-order chi connectivity index (χ1) is 11.3. The minimum atomic E-state index is 0.0000751. The maximum absolute atomic E-state index is 12.7. The Morgan fingerprint density at radius 1 is 1.08 bits per heavy atom. The molecule has 126 valence electrons. The molecule has 0 saturated heterocycles. The van der Waals surface area contributed by atoms with E-state index in [0.29, 0.717) is 6.54 Å². The van der Waals surface area contributed by atoms with Crippen molar-refractivity contribution in [2.75, 3.05) is 0 Å². The molecule has 0 aliphatic carbocycles. The fourth-order valence-electron chi connectivity index (χ4n) is 2.85. The van der Waals surface area contributed by atoms with Gasteiger partial charge in [0.05, 0.1) is 11.2 Å². The molecule has 0 saturated carbocycles. The van der Waals surface area contributed by atoms with E-state index in [1.807, 2.05) is 16.7 Å². The van der Waals surface area contributed by atoms with Gasteiger partial charge in [0, 0.05) is 19.2 Å². The zero-order chi connectivity index (χ0) is 17.5. The number of hydrogen-bond donors (Lipinski definition) is 0. The summed E-state index contributed by atoms with van der Waals surface area (Å²) in [5, 5.41) is 0. The van der Waals surface area contributed by atoms with Crippen molar-refractivity contribution in [3.05, 3.63) is 52.4 Å². The zero-order valence-electron chi connectivity index (χ0n) is 15.1. The summed E-state index contributed by atoms with van der Waals surface area (Å²) in [5.41, 5.74) is 4.90. The third-order valence-corrected chi connectivity index (χ3v) is 4.87. The standard InChI is InChI=1S/C20H25N3O/c1-6-20(3,4)13-23-17-12-11-16(15-9-7-14(2)8-10-15)21-18(17)22(5)19(23)24/h7-12H,6,13H2,1-5H3. The summed E-state index contributed by atoms with van der Waals surface area (Å²) in [6.07, 6.45) is 1.02. The molecule has 4 nitrogen and oxygen atoms in total. The second-order valence-electron chi connectivity index (χ2n) is 7.35. The molecule has 0 fully saturated rings. The molecule has 0 radical (unpaired) electrons. The van der Waals surface area contributed by atoms with E-state index < -0.39 is 0 Å². The maximum Gasteiger partial charge on any atom is 0.330 e. The largest absolute Gasteiger partial charge is 0.330 e. The summed E-state index contributed by atoms with van der Waals surface area (Å²) in [7, 11) is 1.80. The van der Waals surface area contributed by atoms with Crippen molar-refractivity contribution in [3.63, 3.8) is 0 Å². The van der Waals surface area contributed by atoms with Gasteiger partial charge in [0.2, 0.25) is 0 Å². The Hall–Kier alpha value is -2.36. The van der Waals surface area contributed by atoms with E-state index in [4.69, 9.17) is 4.98 Å². The van der Waals surface area contributed by atoms with Crippen LogP contribution in [0.5, 0.6) is 0 Å². The first kappa shape index (κ1) is 16.5. The lowest BCUT2D eigenvalue weighted by Gasteiger charge is -2.22. The number of benzene rings is 1. The monoisotopic (exact) mass is 323 g/mol. The Morgan fingerprint density at radius 3 is 2.38 bits per heavy atom. The molecule has 3 aromatic rings.